The van der Waals surface area contributed by atoms with Crippen molar-refractivity contribution in [1.29, 1.82) is 0 Å². The minimum absolute atomic E-state index is 0.120. The Morgan fingerprint density at radius 1 is 1.06 bits per heavy atom. The summed E-state index contributed by atoms with van der Waals surface area (Å²) in [6.07, 6.45) is 16.6. The van der Waals surface area contributed by atoms with Crippen LogP contribution in [-0.2, 0) is 19.5 Å². The lowest BCUT2D eigenvalue weighted by Gasteiger charge is -2.21. The Morgan fingerprint density at radius 3 is 2.64 bits per heavy atom. The number of hydrogen-bond donors (Lipinski definition) is 1. The molecule has 0 atom stereocenters. The zero-order valence-electron chi connectivity index (χ0n) is 21.1. The van der Waals surface area contributed by atoms with Crippen molar-refractivity contribution in [2.24, 2.45) is 5.92 Å². The van der Waals surface area contributed by atoms with Gasteiger partial charge in [0.2, 0.25) is 5.82 Å². The fourth-order valence-corrected chi connectivity index (χ4v) is 5.34. The summed E-state index contributed by atoms with van der Waals surface area (Å²) >= 11 is 0. The van der Waals surface area contributed by atoms with Gasteiger partial charge < -0.3 is 0 Å². The largest absolute Gasteiger partial charge is 0.328 e. The van der Waals surface area contributed by atoms with Crippen LogP contribution in [0.4, 0.5) is 0 Å². The van der Waals surface area contributed by atoms with Gasteiger partial charge in [0, 0.05) is 36.4 Å². The van der Waals surface area contributed by atoms with Crippen molar-refractivity contribution in [2.75, 3.05) is 0 Å². The van der Waals surface area contributed by atoms with Crippen LogP contribution in [0.3, 0.4) is 0 Å². The second-order valence-electron chi connectivity index (χ2n) is 9.93. The van der Waals surface area contributed by atoms with Gasteiger partial charge in [0.1, 0.15) is 0 Å². The topological polar surface area (TPSA) is 94.3 Å². The third kappa shape index (κ3) is 5.48. The third-order valence-electron chi connectivity index (χ3n) is 7.43. The van der Waals surface area contributed by atoms with E-state index in [1.165, 1.54) is 32.1 Å². The number of nitrogens with zero attached hydrogens (tertiary/aromatic N) is 6. The lowest BCUT2D eigenvalue weighted by Crippen LogP contribution is -2.26. The molecule has 188 valence electrons. The lowest BCUT2D eigenvalue weighted by atomic mass is 9.87. The van der Waals surface area contributed by atoms with E-state index in [4.69, 9.17) is 0 Å². The third-order valence-corrected chi connectivity index (χ3v) is 7.43. The maximum absolute atomic E-state index is 13.4. The zero-order chi connectivity index (χ0) is 24.7. The van der Waals surface area contributed by atoms with Crippen molar-refractivity contribution >= 4 is 0 Å². The molecule has 0 spiro atoms. The number of aryl methyl sites for hydroxylation is 2. The highest BCUT2D eigenvalue weighted by molar-refractivity contribution is 5.79. The zero-order valence-corrected chi connectivity index (χ0v) is 21.1. The molecule has 8 heteroatoms. The van der Waals surface area contributed by atoms with Crippen LogP contribution in [0.2, 0.25) is 0 Å². The van der Waals surface area contributed by atoms with Crippen molar-refractivity contribution in [2.45, 2.75) is 77.8 Å². The number of pyridine rings is 1. The summed E-state index contributed by atoms with van der Waals surface area (Å²) in [6, 6.07) is 10.3. The summed E-state index contributed by atoms with van der Waals surface area (Å²) in [5, 5.41) is 14.4. The molecule has 0 radical (unpaired) electrons. The van der Waals surface area contributed by atoms with E-state index in [2.05, 4.69) is 63.0 Å². The molecule has 36 heavy (non-hydrogen) atoms. The first-order chi connectivity index (χ1) is 17.7. The van der Waals surface area contributed by atoms with Crippen LogP contribution in [0.1, 0.15) is 69.5 Å². The smallest absolute Gasteiger partial charge is 0.299 e. The molecule has 0 amide bonds. The molecule has 0 unspecified atom stereocenters. The first-order valence-corrected chi connectivity index (χ1v) is 13.3. The van der Waals surface area contributed by atoms with Gasteiger partial charge in [0.15, 0.2) is 0 Å². The number of tetrazole rings is 1. The standard InChI is InChI=1S/C28H35N7O/c1-2-3-9-24-20-34(17-15-21-7-5-4-6-8-21)28(36)35(24)19-22-10-12-23(13-11-22)25-14-16-29-18-26(25)27-30-32-33-31-27/h10-14,16,18,20-21H,2-9,15,17,19H2,1H3,(H,30,31,32,33). The summed E-state index contributed by atoms with van der Waals surface area (Å²) in [6.45, 7) is 3.61. The van der Waals surface area contributed by atoms with Gasteiger partial charge in [-0.15, -0.1) is 10.2 Å². The molecule has 0 aliphatic heterocycles. The van der Waals surface area contributed by atoms with Crippen LogP contribution < -0.4 is 5.69 Å². The molecule has 8 nitrogen and oxygen atoms in total. The highest BCUT2D eigenvalue weighted by atomic mass is 16.1. The van der Waals surface area contributed by atoms with Crippen molar-refractivity contribution < 1.29 is 0 Å². The monoisotopic (exact) mass is 485 g/mol. The van der Waals surface area contributed by atoms with Crippen molar-refractivity contribution in [1.82, 2.24) is 34.7 Å². The molecule has 4 aromatic rings. The van der Waals surface area contributed by atoms with Gasteiger partial charge in [-0.2, -0.15) is 5.21 Å². The molecule has 1 fully saturated rings. The molecule has 5 rings (SSSR count). The van der Waals surface area contributed by atoms with Gasteiger partial charge in [-0.25, -0.2) is 4.79 Å². The van der Waals surface area contributed by atoms with Crippen molar-refractivity contribution in [3.63, 3.8) is 0 Å². The number of unbranched alkanes of at least 4 members (excludes halogenated alkanes) is 1. The Balaban J connectivity index is 1.35. The normalized spacial score (nSPS) is 14.4. The van der Waals surface area contributed by atoms with Crippen LogP contribution in [0.25, 0.3) is 22.5 Å². The molecule has 1 saturated carbocycles. The van der Waals surface area contributed by atoms with Gasteiger partial charge in [0.05, 0.1) is 6.54 Å². The fraction of sp³-hybridized carbons (Fsp3) is 0.464. The molecule has 1 aliphatic carbocycles. The van der Waals surface area contributed by atoms with Crippen LogP contribution in [0.15, 0.2) is 53.7 Å². The predicted molar refractivity (Wildman–Crippen MR) is 140 cm³/mol. The Labute approximate surface area is 211 Å². The first-order valence-electron chi connectivity index (χ1n) is 13.3. The number of aromatic nitrogens is 7. The summed E-state index contributed by atoms with van der Waals surface area (Å²) in [5.41, 5.74) is 5.24. The van der Waals surface area contributed by atoms with Gasteiger partial charge >= 0.3 is 5.69 Å². The van der Waals surface area contributed by atoms with Crippen LogP contribution >= 0.6 is 0 Å². The number of nitrogens with one attached hydrogen (secondary N) is 1. The quantitative estimate of drug-likeness (QED) is 0.331. The van der Waals surface area contributed by atoms with Gasteiger partial charge in [-0.1, -0.05) is 69.7 Å². The predicted octanol–water partition coefficient (Wildman–Crippen LogP) is 5.25. The van der Waals surface area contributed by atoms with Gasteiger partial charge in [-0.3, -0.25) is 14.1 Å². The van der Waals surface area contributed by atoms with E-state index in [0.29, 0.717) is 12.4 Å². The van der Waals surface area contributed by atoms with E-state index in [1.807, 2.05) is 15.2 Å². The second kappa shape index (κ2) is 11.5. The van der Waals surface area contributed by atoms with Crippen LogP contribution in [0.5, 0.6) is 0 Å². The summed E-state index contributed by atoms with van der Waals surface area (Å²) in [5.74, 6) is 1.29. The van der Waals surface area contributed by atoms with Crippen LogP contribution in [-0.4, -0.2) is 34.7 Å². The average molecular weight is 486 g/mol. The van der Waals surface area contributed by atoms with E-state index in [1.54, 1.807) is 12.4 Å². The van der Waals surface area contributed by atoms with Crippen molar-refractivity contribution in [3.8, 4) is 22.5 Å². The second-order valence-corrected chi connectivity index (χ2v) is 9.93. The number of hydrogen-bond acceptors (Lipinski definition) is 5. The van der Waals surface area contributed by atoms with Crippen molar-refractivity contribution in [3.05, 3.63) is 70.7 Å². The Bertz CT molecular complexity index is 1300. The molecule has 1 aromatic carbocycles. The summed E-state index contributed by atoms with van der Waals surface area (Å²) < 4.78 is 3.94. The summed E-state index contributed by atoms with van der Waals surface area (Å²) in [7, 11) is 0. The summed E-state index contributed by atoms with van der Waals surface area (Å²) in [4.78, 5) is 17.6. The number of benzene rings is 1. The molecule has 0 saturated heterocycles. The molecule has 3 heterocycles. The minimum Gasteiger partial charge on any atom is -0.299 e. The molecular weight excluding hydrogens is 450 g/mol. The van der Waals surface area contributed by atoms with Gasteiger partial charge in [-0.05, 0) is 53.2 Å². The van der Waals surface area contributed by atoms with E-state index < -0.39 is 0 Å². The maximum Gasteiger partial charge on any atom is 0.328 e. The average Bonchev–Trinajstić information content (AvgIpc) is 3.56. The Kier molecular flexibility index (Phi) is 7.69. The molecule has 1 aliphatic rings. The highest BCUT2D eigenvalue weighted by Crippen LogP contribution is 2.29. The first kappa shape index (κ1) is 24.2. The number of aromatic amines is 1. The number of H-pyrrole nitrogens is 1. The highest BCUT2D eigenvalue weighted by Gasteiger charge is 2.17. The SMILES string of the molecule is CCCCc1cn(CCC2CCCCC2)c(=O)n1Cc1ccc(-c2ccncc2-c2nn[nH]n2)cc1. The van der Waals surface area contributed by atoms with E-state index in [-0.39, 0.29) is 5.69 Å². The minimum atomic E-state index is 0.120. The lowest BCUT2D eigenvalue weighted by molar-refractivity contribution is 0.322. The number of imidazole rings is 1. The molecule has 0 bridgehead atoms. The molecular formula is C28H35N7O. The fourth-order valence-electron chi connectivity index (χ4n) is 5.34. The Morgan fingerprint density at radius 2 is 1.89 bits per heavy atom. The maximum atomic E-state index is 13.4. The Hall–Kier alpha value is -3.55. The van der Waals surface area contributed by atoms with E-state index in [0.717, 1.165) is 66.1 Å². The molecule has 3 aromatic heterocycles. The van der Waals surface area contributed by atoms with Crippen LogP contribution in [0, 0.1) is 5.92 Å². The van der Waals surface area contributed by atoms with E-state index >= 15 is 0 Å². The number of rotatable bonds is 10. The van der Waals surface area contributed by atoms with E-state index in [9.17, 15) is 4.79 Å². The molecule has 1 N–H and O–H groups in total. The van der Waals surface area contributed by atoms with Gasteiger partial charge in [0.25, 0.3) is 0 Å².